The van der Waals surface area contributed by atoms with Gasteiger partial charge < -0.3 is 10.6 Å². The van der Waals surface area contributed by atoms with Gasteiger partial charge in [-0.05, 0) is 30.7 Å². The molecule has 1 unspecified atom stereocenters. The minimum atomic E-state index is 0.136. The largest absolute Gasteiger partial charge is 0.352 e. The lowest BCUT2D eigenvalue weighted by Gasteiger charge is -2.17. The average Bonchev–Trinajstić information content (AvgIpc) is 3.02. The topological polar surface area (TPSA) is 41.1 Å². The lowest BCUT2D eigenvalue weighted by molar-refractivity contribution is -0.121. The zero-order valence-electron chi connectivity index (χ0n) is 10.9. The highest BCUT2D eigenvalue weighted by molar-refractivity contribution is 7.10. The average molecular weight is 266 g/mol. The first-order chi connectivity index (χ1) is 8.79. The Kier molecular flexibility index (Phi) is 5.20. The first-order valence-electron chi connectivity index (χ1n) is 6.85. The van der Waals surface area contributed by atoms with E-state index in [1.807, 2.05) is 0 Å². The van der Waals surface area contributed by atoms with Crippen LogP contribution in [0, 0.1) is 0 Å². The number of hydrogen-bond donors (Lipinski definition) is 2. The molecule has 1 aliphatic rings. The van der Waals surface area contributed by atoms with E-state index >= 15 is 0 Å². The fraction of sp³-hybridized carbons (Fsp3) is 0.643. The molecule has 0 aliphatic heterocycles. The van der Waals surface area contributed by atoms with E-state index in [0.717, 1.165) is 19.3 Å². The van der Waals surface area contributed by atoms with E-state index in [2.05, 4.69) is 35.1 Å². The minimum Gasteiger partial charge on any atom is -0.352 e. The number of carbonyl (C=O) groups excluding carboxylic acids is 1. The molecule has 1 amide bonds. The van der Waals surface area contributed by atoms with Crippen LogP contribution in [0.5, 0.6) is 0 Å². The zero-order chi connectivity index (χ0) is 12.8. The van der Waals surface area contributed by atoms with Gasteiger partial charge in [0.1, 0.15) is 0 Å². The third-order valence-corrected chi connectivity index (χ3v) is 4.51. The molecule has 1 saturated carbocycles. The van der Waals surface area contributed by atoms with Gasteiger partial charge in [0.15, 0.2) is 0 Å². The number of amides is 1. The molecule has 1 fully saturated rings. The molecular formula is C14H22N2OS. The Hall–Kier alpha value is -0.870. The van der Waals surface area contributed by atoms with Gasteiger partial charge in [0, 0.05) is 17.0 Å². The monoisotopic (exact) mass is 266 g/mol. The predicted molar refractivity (Wildman–Crippen MR) is 75.8 cm³/mol. The van der Waals surface area contributed by atoms with Gasteiger partial charge in [0.25, 0.3) is 0 Å². The minimum absolute atomic E-state index is 0.136. The molecule has 0 radical (unpaired) electrons. The van der Waals surface area contributed by atoms with Crippen LogP contribution in [0.4, 0.5) is 0 Å². The van der Waals surface area contributed by atoms with Crippen molar-refractivity contribution < 1.29 is 4.79 Å². The molecule has 0 saturated heterocycles. The van der Waals surface area contributed by atoms with Crippen molar-refractivity contribution in [1.29, 1.82) is 0 Å². The lowest BCUT2D eigenvalue weighted by atomic mass is 10.2. The van der Waals surface area contributed by atoms with Crippen molar-refractivity contribution in [3.05, 3.63) is 22.4 Å². The van der Waals surface area contributed by atoms with Gasteiger partial charge in [-0.25, -0.2) is 0 Å². The molecule has 0 aromatic carbocycles. The van der Waals surface area contributed by atoms with Gasteiger partial charge in [0.05, 0.1) is 6.54 Å². The third-order valence-electron chi connectivity index (χ3n) is 3.52. The van der Waals surface area contributed by atoms with Crippen molar-refractivity contribution in [3.8, 4) is 0 Å². The van der Waals surface area contributed by atoms with Crippen LogP contribution in [0.3, 0.4) is 0 Å². The Morgan fingerprint density at radius 2 is 2.28 bits per heavy atom. The maximum Gasteiger partial charge on any atom is 0.234 e. The summed E-state index contributed by atoms with van der Waals surface area (Å²) in [6.45, 7) is 2.57. The van der Waals surface area contributed by atoms with Crippen LogP contribution in [-0.2, 0) is 4.79 Å². The number of rotatable bonds is 6. The molecule has 1 aliphatic carbocycles. The lowest BCUT2D eigenvalue weighted by Crippen LogP contribution is -2.40. The van der Waals surface area contributed by atoms with Gasteiger partial charge in [-0.1, -0.05) is 25.8 Å². The molecule has 0 spiro atoms. The Bertz CT molecular complexity index is 358. The van der Waals surface area contributed by atoms with E-state index in [0.29, 0.717) is 18.6 Å². The second-order valence-corrected chi connectivity index (χ2v) is 5.89. The second-order valence-electron chi connectivity index (χ2n) is 4.91. The van der Waals surface area contributed by atoms with Crippen molar-refractivity contribution in [2.75, 3.05) is 6.54 Å². The van der Waals surface area contributed by atoms with E-state index in [1.54, 1.807) is 11.3 Å². The van der Waals surface area contributed by atoms with Crippen LogP contribution in [0.2, 0.25) is 0 Å². The Morgan fingerprint density at radius 3 is 2.89 bits per heavy atom. The summed E-state index contributed by atoms with van der Waals surface area (Å²) in [6, 6.07) is 4.91. The van der Waals surface area contributed by atoms with Crippen molar-refractivity contribution in [2.45, 2.75) is 51.1 Å². The van der Waals surface area contributed by atoms with Gasteiger partial charge >= 0.3 is 0 Å². The smallest absolute Gasteiger partial charge is 0.234 e. The maximum absolute atomic E-state index is 11.8. The summed E-state index contributed by atoms with van der Waals surface area (Å²) in [5.74, 6) is 0.136. The summed E-state index contributed by atoms with van der Waals surface area (Å²) in [5.41, 5.74) is 0. The van der Waals surface area contributed by atoms with Gasteiger partial charge in [-0.15, -0.1) is 11.3 Å². The molecule has 2 N–H and O–H groups in total. The molecule has 3 nitrogen and oxygen atoms in total. The quantitative estimate of drug-likeness (QED) is 0.831. The molecule has 18 heavy (non-hydrogen) atoms. The molecule has 100 valence electrons. The van der Waals surface area contributed by atoms with E-state index < -0.39 is 0 Å². The predicted octanol–water partition coefficient (Wildman–Crippen LogP) is 2.85. The standard InChI is InChI=1S/C14H22N2OS/c1-2-12(13-8-5-9-18-13)15-10-14(17)16-11-6-3-4-7-11/h5,8-9,11-12,15H,2-4,6-7,10H2,1H3,(H,16,17). The van der Waals surface area contributed by atoms with Crippen LogP contribution in [0.25, 0.3) is 0 Å². The summed E-state index contributed by atoms with van der Waals surface area (Å²) >= 11 is 1.75. The van der Waals surface area contributed by atoms with Gasteiger partial charge in [0.2, 0.25) is 5.91 Å². The summed E-state index contributed by atoms with van der Waals surface area (Å²) in [6.07, 6.45) is 5.81. The molecule has 2 rings (SSSR count). The zero-order valence-corrected chi connectivity index (χ0v) is 11.8. The van der Waals surface area contributed by atoms with Crippen LogP contribution in [0.15, 0.2) is 17.5 Å². The Morgan fingerprint density at radius 1 is 1.50 bits per heavy atom. The fourth-order valence-corrected chi connectivity index (χ4v) is 3.39. The van der Waals surface area contributed by atoms with Gasteiger partial charge in [-0.3, -0.25) is 4.79 Å². The van der Waals surface area contributed by atoms with E-state index in [9.17, 15) is 4.79 Å². The van der Waals surface area contributed by atoms with Gasteiger partial charge in [-0.2, -0.15) is 0 Å². The van der Waals surface area contributed by atoms with E-state index in [4.69, 9.17) is 0 Å². The highest BCUT2D eigenvalue weighted by Gasteiger charge is 2.17. The number of hydrogen-bond acceptors (Lipinski definition) is 3. The molecule has 1 atom stereocenters. The molecule has 0 bridgehead atoms. The first-order valence-corrected chi connectivity index (χ1v) is 7.73. The Labute approximate surface area is 113 Å². The molecule has 4 heteroatoms. The van der Waals surface area contributed by atoms with Crippen molar-refractivity contribution in [1.82, 2.24) is 10.6 Å². The molecular weight excluding hydrogens is 244 g/mol. The summed E-state index contributed by atoms with van der Waals surface area (Å²) in [7, 11) is 0. The van der Waals surface area contributed by atoms with E-state index in [1.165, 1.54) is 17.7 Å². The molecule has 1 aromatic heterocycles. The SMILES string of the molecule is CCC(NCC(=O)NC1CCCC1)c1cccs1. The number of nitrogens with one attached hydrogen (secondary N) is 2. The fourth-order valence-electron chi connectivity index (χ4n) is 2.50. The van der Waals surface area contributed by atoms with Crippen LogP contribution < -0.4 is 10.6 Å². The Balaban J connectivity index is 1.74. The van der Waals surface area contributed by atoms with Crippen molar-refractivity contribution >= 4 is 17.2 Å². The van der Waals surface area contributed by atoms with Crippen LogP contribution >= 0.6 is 11.3 Å². The van der Waals surface area contributed by atoms with Crippen molar-refractivity contribution in [3.63, 3.8) is 0 Å². The van der Waals surface area contributed by atoms with Crippen molar-refractivity contribution in [2.24, 2.45) is 0 Å². The van der Waals surface area contributed by atoms with Crippen LogP contribution in [0.1, 0.15) is 49.9 Å². The highest BCUT2D eigenvalue weighted by atomic mass is 32.1. The normalized spacial score (nSPS) is 17.8. The number of thiophene rings is 1. The third kappa shape index (κ3) is 3.82. The maximum atomic E-state index is 11.8. The van der Waals surface area contributed by atoms with E-state index in [-0.39, 0.29) is 5.91 Å². The summed E-state index contributed by atoms with van der Waals surface area (Å²) in [4.78, 5) is 13.1. The molecule has 1 aromatic rings. The number of carbonyl (C=O) groups is 1. The van der Waals surface area contributed by atoms with Crippen LogP contribution in [-0.4, -0.2) is 18.5 Å². The highest BCUT2D eigenvalue weighted by Crippen LogP contribution is 2.21. The molecule has 1 heterocycles. The summed E-state index contributed by atoms with van der Waals surface area (Å²) in [5, 5.41) is 8.53. The first kappa shape index (κ1) is 13.6. The summed E-state index contributed by atoms with van der Waals surface area (Å²) < 4.78 is 0. The second kappa shape index (κ2) is 6.90.